The molecule has 140 valence electrons. The number of thiophene rings is 1. The van der Waals surface area contributed by atoms with Crippen LogP contribution in [0.1, 0.15) is 33.5 Å². The summed E-state index contributed by atoms with van der Waals surface area (Å²) >= 11 is 1.55. The highest BCUT2D eigenvalue weighted by molar-refractivity contribution is 7.89. The Hall–Kier alpha value is -1.74. The second kappa shape index (κ2) is 7.48. The van der Waals surface area contributed by atoms with Crippen LogP contribution in [-0.4, -0.2) is 33.0 Å². The zero-order valence-electron chi connectivity index (χ0n) is 15.0. The Kier molecular flexibility index (Phi) is 5.47. The number of amides is 1. The Morgan fingerprint density at radius 2 is 2.00 bits per heavy atom. The standard InChI is InChI=1S/C18H22N2O4S2/c1-12-4-9-16-13(10-12)11-17(25-16)18(21)19-14-5-7-15(8-6-14)26(22,23)20(2)24-3/h5-8,11-12H,4,9-10H2,1-3H3,(H,19,21). The third kappa shape index (κ3) is 3.83. The minimum absolute atomic E-state index is 0.0976. The Balaban J connectivity index is 1.72. The van der Waals surface area contributed by atoms with Gasteiger partial charge in [0.15, 0.2) is 0 Å². The van der Waals surface area contributed by atoms with Gasteiger partial charge in [-0.1, -0.05) is 11.4 Å². The van der Waals surface area contributed by atoms with Crippen molar-refractivity contribution in [1.82, 2.24) is 4.47 Å². The Bertz CT molecular complexity index is 904. The van der Waals surface area contributed by atoms with E-state index in [1.54, 1.807) is 23.5 Å². The van der Waals surface area contributed by atoms with Crippen molar-refractivity contribution in [2.45, 2.75) is 31.1 Å². The van der Waals surface area contributed by atoms with Gasteiger partial charge in [0, 0.05) is 17.6 Å². The first-order chi connectivity index (χ1) is 12.3. The summed E-state index contributed by atoms with van der Waals surface area (Å²) in [6.07, 6.45) is 3.23. The molecule has 0 fully saturated rings. The molecule has 1 aromatic carbocycles. The topological polar surface area (TPSA) is 75.7 Å². The van der Waals surface area contributed by atoms with Crippen molar-refractivity contribution in [2.24, 2.45) is 5.92 Å². The summed E-state index contributed by atoms with van der Waals surface area (Å²) in [6, 6.07) is 8.02. The second-order valence-corrected chi connectivity index (χ2v) is 9.56. The molecule has 8 heteroatoms. The van der Waals surface area contributed by atoms with Crippen molar-refractivity contribution >= 4 is 33.0 Å². The van der Waals surface area contributed by atoms with Crippen molar-refractivity contribution in [3.63, 3.8) is 0 Å². The molecule has 0 bridgehead atoms. The molecule has 6 nitrogen and oxygen atoms in total. The SMILES string of the molecule is CON(C)S(=O)(=O)c1ccc(NC(=O)c2cc3c(s2)CCC(C)C3)cc1. The van der Waals surface area contributed by atoms with E-state index in [0.29, 0.717) is 16.5 Å². The highest BCUT2D eigenvalue weighted by Crippen LogP contribution is 2.32. The van der Waals surface area contributed by atoms with Gasteiger partial charge in [-0.05, 0) is 61.1 Å². The van der Waals surface area contributed by atoms with E-state index in [4.69, 9.17) is 4.84 Å². The molecule has 0 radical (unpaired) electrons. The van der Waals surface area contributed by atoms with Crippen LogP contribution < -0.4 is 5.32 Å². The number of nitrogens with zero attached hydrogens (tertiary/aromatic N) is 1. The van der Waals surface area contributed by atoms with Crippen LogP contribution in [0.5, 0.6) is 0 Å². The lowest BCUT2D eigenvalue weighted by Gasteiger charge is -2.16. The van der Waals surface area contributed by atoms with E-state index < -0.39 is 10.0 Å². The minimum atomic E-state index is -3.69. The predicted molar refractivity (Wildman–Crippen MR) is 102 cm³/mol. The first-order valence-electron chi connectivity index (χ1n) is 8.37. The van der Waals surface area contributed by atoms with Crippen LogP contribution in [0, 0.1) is 5.92 Å². The summed E-state index contributed by atoms with van der Waals surface area (Å²) in [5, 5.41) is 2.83. The monoisotopic (exact) mass is 394 g/mol. The number of benzene rings is 1. The van der Waals surface area contributed by atoms with Crippen molar-refractivity contribution < 1.29 is 18.0 Å². The first-order valence-corrected chi connectivity index (χ1v) is 10.6. The number of hydrogen-bond acceptors (Lipinski definition) is 5. The zero-order valence-corrected chi connectivity index (χ0v) is 16.6. The molecule has 1 aliphatic rings. The number of rotatable bonds is 5. The maximum absolute atomic E-state index is 12.5. The fraction of sp³-hybridized carbons (Fsp3) is 0.389. The van der Waals surface area contributed by atoms with E-state index in [1.807, 2.05) is 6.07 Å². The summed E-state index contributed by atoms with van der Waals surface area (Å²) in [7, 11) is -1.08. The molecule has 0 saturated heterocycles. The lowest BCUT2D eigenvalue weighted by molar-refractivity contribution is -0.0258. The smallest absolute Gasteiger partial charge is 0.265 e. The number of anilines is 1. The van der Waals surface area contributed by atoms with Gasteiger partial charge in [0.2, 0.25) is 0 Å². The summed E-state index contributed by atoms with van der Waals surface area (Å²) in [5.41, 5.74) is 1.83. The lowest BCUT2D eigenvalue weighted by atomic mass is 9.90. The number of hydroxylamine groups is 1. The van der Waals surface area contributed by atoms with Crippen LogP contribution in [0.3, 0.4) is 0 Å². The number of fused-ring (bicyclic) bond motifs is 1. The molecule has 0 aliphatic heterocycles. The van der Waals surface area contributed by atoms with Gasteiger partial charge in [0.1, 0.15) is 0 Å². The van der Waals surface area contributed by atoms with Crippen molar-refractivity contribution in [1.29, 1.82) is 0 Å². The zero-order chi connectivity index (χ0) is 18.9. The number of carbonyl (C=O) groups excluding carboxylic acids is 1. The predicted octanol–water partition coefficient (Wildman–Crippen LogP) is 3.31. The fourth-order valence-electron chi connectivity index (χ4n) is 2.97. The molecule has 0 spiro atoms. The number of carbonyl (C=O) groups is 1. The van der Waals surface area contributed by atoms with Gasteiger partial charge in [0.25, 0.3) is 15.9 Å². The summed E-state index contributed by atoms with van der Waals surface area (Å²) in [5.74, 6) is 0.495. The van der Waals surface area contributed by atoms with E-state index in [2.05, 4.69) is 12.2 Å². The summed E-state index contributed by atoms with van der Waals surface area (Å²) in [6.45, 7) is 2.23. The maximum Gasteiger partial charge on any atom is 0.265 e. The van der Waals surface area contributed by atoms with E-state index in [-0.39, 0.29) is 10.8 Å². The van der Waals surface area contributed by atoms with Crippen molar-refractivity contribution in [3.05, 3.63) is 45.6 Å². The Morgan fingerprint density at radius 1 is 1.31 bits per heavy atom. The van der Waals surface area contributed by atoms with E-state index in [1.165, 1.54) is 43.2 Å². The lowest BCUT2D eigenvalue weighted by Crippen LogP contribution is -2.25. The molecule has 1 N–H and O–H groups in total. The Morgan fingerprint density at radius 3 is 2.65 bits per heavy atom. The first kappa shape index (κ1) is 19.0. The molecular formula is C18H22N2O4S2. The maximum atomic E-state index is 12.5. The van der Waals surface area contributed by atoms with Crippen LogP contribution in [0.4, 0.5) is 5.69 Å². The number of hydrogen-bond donors (Lipinski definition) is 1. The van der Waals surface area contributed by atoms with Gasteiger partial charge in [-0.25, -0.2) is 8.42 Å². The number of nitrogens with one attached hydrogen (secondary N) is 1. The van der Waals surface area contributed by atoms with Crippen LogP contribution >= 0.6 is 11.3 Å². The second-order valence-electron chi connectivity index (χ2n) is 6.48. The van der Waals surface area contributed by atoms with Crippen LogP contribution in [0.2, 0.25) is 0 Å². The van der Waals surface area contributed by atoms with Gasteiger partial charge in [-0.3, -0.25) is 9.63 Å². The molecule has 1 heterocycles. The average molecular weight is 395 g/mol. The van der Waals surface area contributed by atoms with Gasteiger partial charge in [-0.2, -0.15) is 0 Å². The fourth-order valence-corrected chi connectivity index (χ4v) is 5.04. The molecule has 1 atom stereocenters. The van der Waals surface area contributed by atoms with Gasteiger partial charge in [0.05, 0.1) is 16.9 Å². The van der Waals surface area contributed by atoms with Gasteiger partial charge in [-0.15, -0.1) is 11.3 Å². The Labute approximate surface area is 157 Å². The average Bonchev–Trinajstić information content (AvgIpc) is 3.04. The van der Waals surface area contributed by atoms with Crippen molar-refractivity contribution in [3.8, 4) is 0 Å². The minimum Gasteiger partial charge on any atom is -0.321 e. The van der Waals surface area contributed by atoms with Gasteiger partial charge >= 0.3 is 0 Å². The summed E-state index contributed by atoms with van der Waals surface area (Å²) in [4.78, 5) is 19.3. The molecule has 3 rings (SSSR count). The highest BCUT2D eigenvalue weighted by Gasteiger charge is 2.22. The van der Waals surface area contributed by atoms with Crippen LogP contribution in [-0.2, 0) is 27.7 Å². The molecule has 1 aromatic heterocycles. The largest absolute Gasteiger partial charge is 0.321 e. The quantitative estimate of drug-likeness (QED) is 0.790. The number of sulfonamides is 1. The molecular weight excluding hydrogens is 372 g/mol. The normalized spacial score (nSPS) is 17.2. The molecule has 1 aliphatic carbocycles. The van der Waals surface area contributed by atoms with Gasteiger partial charge < -0.3 is 5.32 Å². The van der Waals surface area contributed by atoms with E-state index in [9.17, 15) is 13.2 Å². The molecule has 1 unspecified atom stereocenters. The highest BCUT2D eigenvalue weighted by atomic mass is 32.2. The summed E-state index contributed by atoms with van der Waals surface area (Å²) < 4.78 is 25.1. The van der Waals surface area contributed by atoms with Crippen LogP contribution in [0.15, 0.2) is 35.2 Å². The van der Waals surface area contributed by atoms with Crippen molar-refractivity contribution in [2.75, 3.05) is 19.5 Å². The third-order valence-corrected chi connectivity index (χ3v) is 7.49. The van der Waals surface area contributed by atoms with E-state index >= 15 is 0 Å². The number of aryl methyl sites for hydroxylation is 1. The molecule has 26 heavy (non-hydrogen) atoms. The molecule has 1 amide bonds. The molecule has 0 saturated carbocycles. The van der Waals surface area contributed by atoms with Crippen LogP contribution in [0.25, 0.3) is 0 Å². The molecule has 2 aromatic rings. The third-order valence-electron chi connectivity index (χ3n) is 4.56. The van der Waals surface area contributed by atoms with E-state index in [0.717, 1.165) is 17.3 Å².